The first kappa shape index (κ1) is 32.5. The van der Waals surface area contributed by atoms with Crippen molar-refractivity contribution in [3.8, 4) is 52.1 Å². The standard InChI is InChI=1S/C40H30O6/c1-7-37(41)44-34-21-13-31(14-22-34)10-17-32-20-25-36(38(28(32)6)46-40(43)27(4)5)33-18-11-29(12-19-33)8-9-30-15-23-35(24-16-30)45-39(42)26(2)3/h7,11-16,18-25H,1-2,4H2,3,5-6H3. The molecule has 0 bridgehead atoms. The predicted octanol–water partition coefficient (Wildman–Crippen LogP) is 7.52. The molecule has 0 atom stereocenters. The molecule has 0 fully saturated rings. The van der Waals surface area contributed by atoms with E-state index in [1.807, 2.05) is 43.3 Å². The first-order chi connectivity index (χ1) is 22.0. The Morgan fingerprint density at radius 2 is 1.07 bits per heavy atom. The van der Waals surface area contributed by atoms with E-state index < -0.39 is 17.9 Å². The number of benzene rings is 4. The van der Waals surface area contributed by atoms with Crippen LogP contribution in [0.2, 0.25) is 0 Å². The van der Waals surface area contributed by atoms with Gasteiger partial charge in [-0.05, 0) is 99.1 Å². The lowest BCUT2D eigenvalue weighted by atomic mass is 9.97. The van der Waals surface area contributed by atoms with Crippen LogP contribution < -0.4 is 14.2 Å². The Kier molecular flexibility index (Phi) is 10.5. The smallest absolute Gasteiger partial charge is 0.338 e. The molecule has 6 nitrogen and oxygen atoms in total. The Morgan fingerprint density at radius 3 is 1.57 bits per heavy atom. The number of carbonyl (C=O) groups is 3. The van der Waals surface area contributed by atoms with Crippen LogP contribution in [0.3, 0.4) is 0 Å². The van der Waals surface area contributed by atoms with Crippen LogP contribution >= 0.6 is 0 Å². The van der Waals surface area contributed by atoms with Gasteiger partial charge in [-0.3, -0.25) is 0 Å². The maximum absolute atomic E-state index is 12.6. The Balaban J connectivity index is 1.58. The van der Waals surface area contributed by atoms with Crippen LogP contribution in [0.25, 0.3) is 11.1 Å². The van der Waals surface area contributed by atoms with E-state index in [1.165, 1.54) is 0 Å². The van der Waals surface area contributed by atoms with Gasteiger partial charge in [0.15, 0.2) is 0 Å². The molecule has 0 amide bonds. The molecule has 4 rings (SSSR count). The van der Waals surface area contributed by atoms with Gasteiger partial charge in [-0.15, -0.1) is 0 Å². The Bertz CT molecular complexity index is 1970. The molecule has 0 aliphatic heterocycles. The third-order valence-electron chi connectivity index (χ3n) is 6.49. The summed E-state index contributed by atoms with van der Waals surface area (Å²) in [6, 6.07) is 25.0. The highest BCUT2D eigenvalue weighted by Crippen LogP contribution is 2.35. The largest absolute Gasteiger partial charge is 0.423 e. The average Bonchev–Trinajstić information content (AvgIpc) is 3.05. The lowest BCUT2D eigenvalue weighted by Gasteiger charge is -2.15. The van der Waals surface area contributed by atoms with Gasteiger partial charge in [0.25, 0.3) is 0 Å². The number of hydrogen-bond donors (Lipinski definition) is 0. The van der Waals surface area contributed by atoms with Gasteiger partial charge in [-0.25, -0.2) is 14.4 Å². The molecular weight excluding hydrogens is 576 g/mol. The second-order valence-corrected chi connectivity index (χ2v) is 10.2. The number of ether oxygens (including phenoxy) is 3. The van der Waals surface area contributed by atoms with Crippen molar-refractivity contribution in [1.82, 2.24) is 0 Å². The molecule has 0 aliphatic rings. The van der Waals surface area contributed by atoms with Crippen LogP contribution in [0.4, 0.5) is 0 Å². The van der Waals surface area contributed by atoms with Crippen molar-refractivity contribution in [2.75, 3.05) is 0 Å². The molecular formula is C40H30O6. The molecule has 0 aromatic heterocycles. The van der Waals surface area contributed by atoms with E-state index in [9.17, 15) is 14.4 Å². The number of rotatable bonds is 7. The quantitative estimate of drug-likeness (QED) is 0.0938. The summed E-state index contributed by atoms with van der Waals surface area (Å²) in [6.07, 6.45) is 1.09. The van der Waals surface area contributed by atoms with E-state index in [-0.39, 0.29) is 5.57 Å². The van der Waals surface area contributed by atoms with Crippen molar-refractivity contribution in [2.45, 2.75) is 20.8 Å². The van der Waals surface area contributed by atoms with Crippen molar-refractivity contribution < 1.29 is 28.6 Å². The SMILES string of the molecule is C=CC(=O)Oc1ccc(C#Cc2ccc(-c3ccc(C#Cc4ccc(OC(=O)C(=C)C)cc4)cc3)c(OC(=O)C(=C)C)c2C)cc1. The molecule has 0 saturated carbocycles. The van der Waals surface area contributed by atoms with Gasteiger partial charge >= 0.3 is 17.9 Å². The van der Waals surface area contributed by atoms with Gasteiger partial charge in [0.1, 0.15) is 17.2 Å². The zero-order valence-electron chi connectivity index (χ0n) is 25.7. The molecule has 0 spiro atoms. The Hall–Kier alpha value is -6.37. The molecule has 0 radical (unpaired) electrons. The Morgan fingerprint density at radius 1 is 0.609 bits per heavy atom. The monoisotopic (exact) mass is 606 g/mol. The lowest BCUT2D eigenvalue weighted by molar-refractivity contribution is -0.130. The molecule has 0 unspecified atom stereocenters. The van der Waals surface area contributed by atoms with E-state index in [4.69, 9.17) is 14.2 Å². The zero-order chi connectivity index (χ0) is 33.2. The predicted molar refractivity (Wildman–Crippen MR) is 178 cm³/mol. The van der Waals surface area contributed by atoms with Gasteiger partial charge < -0.3 is 14.2 Å². The van der Waals surface area contributed by atoms with Crippen LogP contribution in [-0.2, 0) is 14.4 Å². The molecule has 0 aliphatic carbocycles. The third-order valence-corrected chi connectivity index (χ3v) is 6.49. The van der Waals surface area contributed by atoms with Crippen molar-refractivity contribution in [3.63, 3.8) is 0 Å². The molecule has 226 valence electrons. The summed E-state index contributed by atoms with van der Waals surface area (Å²) in [5.41, 5.74) is 5.75. The highest BCUT2D eigenvalue weighted by Gasteiger charge is 2.17. The number of carbonyl (C=O) groups excluding carboxylic acids is 3. The molecule has 6 heteroatoms. The summed E-state index contributed by atoms with van der Waals surface area (Å²) in [7, 11) is 0. The van der Waals surface area contributed by atoms with Gasteiger partial charge in [-0.1, -0.05) is 55.6 Å². The van der Waals surface area contributed by atoms with E-state index in [1.54, 1.807) is 62.4 Å². The van der Waals surface area contributed by atoms with Crippen molar-refractivity contribution in [1.29, 1.82) is 0 Å². The molecule has 0 heterocycles. The fourth-order valence-corrected chi connectivity index (χ4v) is 3.95. The normalized spacial score (nSPS) is 9.80. The Labute approximate surface area is 268 Å². The second kappa shape index (κ2) is 14.9. The maximum atomic E-state index is 12.6. The second-order valence-electron chi connectivity index (χ2n) is 10.2. The van der Waals surface area contributed by atoms with Crippen molar-refractivity contribution >= 4 is 17.9 Å². The number of hydrogen-bond acceptors (Lipinski definition) is 6. The van der Waals surface area contributed by atoms with E-state index in [0.717, 1.165) is 22.8 Å². The summed E-state index contributed by atoms with van der Waals surface area (Å²) in [5.74, 6) is 12.1. The van der Waals surface area contributed by atoms with Crippen LogP contribution in [0.5, 0.6) is 17.2 Å². The van der Waals surface area contributed by atoms with Gasteiger partial charge in [0.2, 0.25) is 0 Å². The third kappa shape index (κ3) is 8.60. The highest BCUT2D eigenvalue weighted by atomic mass is 16.5. The van der Waals surface area contributed by atoms with E-state index >= 15 is 0 Å². The summed E-state index contributed by atoms with van der Waals surface area (Å²) in [5, 5.41) is 0. The molecule has 4 aromatic rings. The molecule has 0 N–H and O–H groups in total. The van der Waals surface area contributed by atoms with E-state index in [0.29, 0.717) is 45.1 Å². The van der Waals surface area contributed by atoms with Gasteiger partial charge in [0.05, 0.1) is 0 Å². The van der Waals surface area contributed by atoms with Crippen LogP contribution in [0, 0.1) is 30.6 Å². The molecule has 4 aromatic carbocycles. The first-order valence-corrected chi connectivity index (χ1v) is 14.1. The summed E-state index contributed by atoms with van der Waals surface area (Å²) in [6.45, 7) is 15.7. The zero-order valence-corrected chi connectivity index (χ0v) is 25.7. The lowest BCUT2D eigenvalue weighted by Crippen LogP contribution is -2.10. The van der Waals surface area contributed by atoms with E-state index in [2.05, 4.69) is 43.4 Å². The van der Waals surface area contributed by atoms with Gasteiger partial charge in [0, 0.05) is 50.6 Å². The topological polar surface area (TPSA) is 78.9 Å². The summed E-state index contributed by atoms with van der Waals surface area (Å²) in [4.78, 5) is 35.7. The minimum Gasteiger partial charge on any atom is -0.423 e. The molecule has 46 heavy (non-hydrogen) atoms. The van der Waals surface area contributed by atoms with Crippen molar-refractivity contribution in [2.24, 2.45) is 0 Å². The minimum absolute atomic E-state index is 0.270. The fraction of sp³-hybridized carbons (Fsp3) is 0.0750. The number of esters is 3. The van der Waals surface area contributed by atoms with Crippen molar-refractivity contribution in [3.05, 3.63) is 150 Å². The molecule has 0 saturated heterocycles. The maximum Gasteiger partial charge on any atom is 0.338 e. The summed E-state index contributed by atoms with van der Waals surface area (Å²) >= 11 is 0. The first-order valence-electron chi connectivity index (χ1n) is 14.1. The fourth-order valence-electron chi connectivity index (χ4n) is 3.95. The minimum atomic E-state index is -0.540. The highest BCUT2D eigenvalue weighted by molar-refractivity contribution is 5.91. The summed E-state index contributed by atoms with van der Waals surface area (Å²) < 4.78 is 16.1. The van der Waals surface area contributed by atoms with Crippen LogP contribution in [0.15, 0.2) is 122 Å². The van der Waals surface area contributed by atoms with Crippen LogP contribution in [-0.4, -0.2) is 17.9 Å². The van der Waals surface area contributed by atoms with Crippen LogP contribution in [0.1, 0.15) is 41.7 Å². The average molecular weight is 607 g/mol. The van der Waals surface area contributed by atoms with Gasteiger partial charge in [-0.2, -0.15) is 0 Å².